The van der Waals surface area contributed by atoms with Crippen molar-refractivity contribution >= 4 is 15.5 Å². The van der Waals surface area contributed by atoms with Gasteiger partial charge in [-0.3, -0.25) is 0 Å². The summed E-state index contributed by atoms with van der Waals surface area (Å²) < 4.78 is 24.5. The summed E-state index contributed by atoms with van der Waals surface area (Å²) in [5, 5.41) is 0.0217. The first-order chi connectivity index (χ1) is 9.00. The summed E-state index contributed by atoms with van der Waals surface area (Å²) in [6.07, 6.45) is 5.57. The Kier molecular flexibility index (Phi) is 4.42. The first kappa shape index (κ1) is 14.3. The number of nitrogen functional groups attached to an aromatic ring is 1. The highest BCUT2D eigenvalue weighted by Crippen LogP contribution is 2.21. The molecule has 0 saturated carbocycles. The SMILES string of the molecule is CN1CCCCC1CCS(=O)(=O)c1ncccc1N. The molecule has 0 amide bonds. The lowest BCUT2D eigenvalue weighted by Gasteiger charge is -2.32. The molecule has 0 spiro atoms. The van der Waals surface area contributed by atoms with Crippen molar-refractivity contribution in [3.63, 3.8) is 0 Å². The van der Waals surface area contributed by atoms with Crippen molar-refractivity contribution in [3.05, 3.63) is 18.3 Å². The van der Waals surface area contributed by atoms with Crippen molar-refractivity contribution in [1.82, 2.24) is 9.88 Å². The third kappa shape index (κ3) is 3.45. The van der Waals surface area contributed by atoms with Crippen LogP contribution in [0, 0.1) is 0 Å². The fraction of sp³-hybridized carbons (Fsp3) is 0.615. The van der Waals surface area contributed by atoms with E-state index >= 15 is 0 Å². The lowest BCUT2D eigenvalue weighted by molar-refractivity contribution is 0.181. The average molecular weight is 283 g/mol. The zero-order valence-corrected chi connectivity index (χ0v) is 12.1. The highest BCUT2D eigenvalue weighted by Gasteiger charge is 2.24. The summed E-state index contributed by atoms with van der Waals surface area (Å²) >= 11 is 0. The number of hydrogen-bond donors (Lipinski definition) is 1. The van der Waals surface area contributed by atoms with Gasteiger partial charge in [-0.15, -0.1) is 0 Å². The molecular weight excluding hydrogens is 262 g/mol. The maximum atomic E-state index is 12.2. The summed E-state index contributed by atoms with van der Waals surface area (Å²) in [7, 11) is -1.32. The zero-order valence-electron chi connectivity index (χ0n) is 11.2. The number of aromatic nitrogens is 1. The molecule has 1 unspecified atom stereocenters. The largest absolute Gasteiger partial charge is 0.396 e. The molecule has 0 aliphatic carbocycles. The van der Waals surface area contributed by atoms with Crippen LogP contribution in [0.1, 0.15) is 25.7 Å². The Balaban J connectivity index is 2.04. The van der Waals surface area contributed by atoms with Gasteiger partial charge in [-0.2, -0.15) is 0 Å². The number of sulfone groups is 1. The van der Waals surface area contributed by atoms with Gasteiger partial charge in [-0.05, 0) is 45.0 Å². The standard InChI is InChI=1S/C13H21N3O2S/c1-16-9-3-2-5-11(16)7-10-19(17,18)13-12(14)6-4-8-15-13/h4,6,8,11H,2-3,5,7,9-10,14H2,1H3. The van der Waals surface area contributed by atoms with E-state index in [1.165, 1.54) is 19.0 Å². The number of rotatable bonds is 4. The number of nitrogens with two attached hydrogens (primary N) is 1. The van der Waals surface area contributed by atoms with Gasteiger partial charge in [0.15, 0.2) is 14.9 Å². The minimum Gasteiger partial charge on any atom is -0.396 e. The van der Waals surface area contributed by atoms with Gasteiger partial charge in [0.05, 0.1) is 11.4 Å². The lowest BCUT2D eigenvalue weighted by atomic mass is 10.0. The van der Waals surface area contributed by atoms with Gasteiger partial charge in [0.1, 0.15) is 0 Å². The molecule has 1 aliphatic heterocycles. The van der Waals surface area contributed by atoms with E-state index in [0.717, 1.165) is 13.0 Å². The molecule has 1 aromatic heterocycles. The smallest absolute Gasteiger partial charge is 0.197 e. The molecule has 1 aliphatic rings. The predicted octanol–water partition coefficient (Wildman–Crippen LogP) is 1.31. The fourth-order valence-electron chi connectivity index (χ4n) is 2.56. The van der Waals surface area contributed by atoms with Crippen LogP contribution in [-0.2, 0) is 9.84 Å². The van der Waals surface area contributed by atoms with E-state index in [9.17, 15) is 8.42 Å². The lowest BCUT2D eigenvalue weighted by Crippen LogP contribution is -2.37. The van der Waals surface area contributed by atoms with Crippen molar-refractivity contribution in [2.45, 2.75) is 36.8 Å². The molecule has 2 heterocycles. The molecule has 2 N–H and O–H groups in total. The number of likely N-dealkylation sites (tertiary alicyclic amines) is 1. The second-order valence-corrected chi connectivity index (χ2v) is 7.16. The normalized spacial score (nSPS) is 21.4. The van der Waals surface area contributed by atoms with Crippen LogP contribution < -0.4 is 5.73 Å². The Hall–Kier alpha value is -1.14. The maximum absolute atomic E-state index is 12.2. The van der Waals surface area contributed by atoms with Gasteiger partial charge in [0.2, 0.25) is 0 Å². The molecule has 19 heavy (non-hydrogen) atoms. The molecule has 1 aromatic rings. The molecule has 0 bridgehead atoms. The molecule has 2 rings (SSSR count). The van der Waals surface area contributed by atoms with E-state index in [-0.39, 0.29) is 16.5 Å². The zero-order chi connectivity index (χ0) is 13.9. The molecular formula is C13H21N3O2S. The van der Waals surface area contributed by atoms with Gasteiger partial charge in [-0.1, -0.05) is 6.42 Å². The molecule has 1 saturated heterocycles. The molecule has 0 radical (unpaired) electrons. The average Bonchev–Trinajstić information content (AvgIpc) is 2.38. The van der Waals surface area contributed by atoms with Crippen LogP contribution in [0.25, 0.3) is 0 Å². The third-order valence-corrected chi connectivity index (χ3v) is 5.44. The van der Waals surface area contributed by atoms with Crippen LogP contribution in [0.4, 0.5) is 5.69 Å². The minimum atomic E-state index is -3.38. The monoisotopic (exact) mass is 283 g/mol. The Morgan fingerprint density at radius 2 is 2.26 bits per heavy atom. The minimum absolute atomic E-state index is 0.0217. The van der Waals surface area contributed by atoms with Crippen LogP contribution in [0.3, 0.4) is 0 Å². The van der Waals surface area contributed by atoms with E-state index in [1.54, 1.807) is 12.1 Å². The van der Waals surface area contributed by atoms with Gasteiger partial charge >= 0.3 is 0 Å². The summed E-state index contributed by atoms with van der Waals surface area (Å²) in [5.74, 6) is 0.114. The molecule has 106 valence electrons. The summed E-state index contributed by atoms with van der Waals surface area (Å²) in [6.45, 7) is 1.05. The van der Waals surface area contributed by atoms with Gasteiger partial charge in [0.25, 0.3) is 0 Å². The summed E-state index contributed by atoms with van der Waals surface area (Å²) in [4.78, 5) is 6.16. The van der Waals surface area contributed by atoms with Crippen molar-refractivity contribution in [1.29, 1.82) is 0 Å². The Bertz CT molecular complexity index is 530. The van der Waals surface area contributed by atoms with E-state index in [1.807, 2.05) is 0 Å². The highest BCUT2D eigenvalue weighted by molar-refractivity contribution is 7.91. The number of nitrogens with zero attached hydrogens (tertiary/aromatic N) is 2. The molecule has 0 aromatic carbocycles. The third-order valence-electron chi connectivity index (χ3n) is 3.74. The first-order valence-corrected chi connectivity index (χ1v) is 8.29. The number of hydrogen-bond acceptors (Lipinski definition) is 5. The van der Waals surface area contributed by atoms with E-state index in [0.29, 0.717) is 12.5 Å². The predicted molar refractivity (Wildman–Crippen MR) is 75.6 cm³/mol. The molecule has 1 atom stereocenters. The Morgan fingerprint density at radius 1 is 1.47 bits per heavy atom. The summed E-state index contributed by atoms with van der Waals surface area (Å²) in [6, 6.07) is 3.57. The Morgan fingerprint density at radius 3 is 2.95 bits per heavy atom. The van der Waals surface area contributed by atoms with Gasteiger partial charge < -0.3 is 10.6 Å². The van der Waals surface area contributed by atoms with E-state index < -0.39 is 9.84 Å². The number of anilines is 1. The number of pyridine rings is 1. The van der Waals surface area contributed by atoms with Crippen LogP contribution in [0.5, 0.6) is 0 Å². The second kappa shape index (κ2) is 5.88. The van der Waals surface area contributed by atoms with E-state index in [4.69, 9.17) is 5.73 Å². The highest BCUT2D eigenvalue weighted by atomic mass is 32.2. The van der Waals surface area contributed by atoms with Crippen molar-refractivity contribution in [2.24, 2.45) is 0 Å². The van der Waals surface area contributed by atoms with Gasteiger partial charge in [-0.25, -0.2) is 13.4 Å². The molecule has 6 heteroatoms. The van der Waals surface area contributed by atoms with E-state index in [2.05, 4.69) is 16.9 Å². The maximum Gasteiger partial charge on any atom is 0.197 e. The van der Waals surface area contributed by atoms with Crippen LogP contribution in [0.15, 0.2) is 23.4 Å². The van der Waals surface area contributed by atoms with Gasteiger partial charge in [0, 0.05) is 12.2 Å². The summed E-state index contributed by atoms with van der Waals surface area (Å²) in [5.41, 5.74) is 5.93. The van der Waals surface area contributed by atoms with Crippen molar-refractivity contribution in [2.75, 3.05) is 25.1 Å². The van der Waals surface area contributed by atoms with Crippen molar-refractivity contribution in [3.8, 4) is 0 Å². The first-order valence-electron chi connectivity index (χ1n) is 6.64. The molecule has 5 nitrogen and oxygen atoms in total. The van der Waals surface area contributed by atoms with Crippen LogP contribution in [0.2, 0.25) is 0 Å². The second-order valence-electron chi connectivity index (χ2n) is 5.14. The fourth-order valence-corrected chi connectivity index (χ4v) is 3.98. The number of piperidine rings is 1. The van der Waals surface area contributed by atoms with Crippen LogP contribution in [-0.4, -0.2) is 43.7 Å². The van der Waals surface area contributed by atoms with Crippen molar-refractivity contribution < 1.29 is 8.42 Å². The van der Waals surface area contributed by atoms with Crippen LogP contribution >= 0.6 is 0 Å². The quantitative estimate of drug-likeness (QED) is 0.901. The Labute approximate surface area is 114 Å². The molecule has 1 fully saturated rings. The topological polar surface area (TPSA) is 76.3 Å².